The van der Waals surface area contributed by atoms with Gasteiger partial charge in [0.1, 0.15) is 0 Å². The van der Waals surface area contributed by atoms with Gasteiger partial charge in [0, 0.05) is 16.3 Å². The zero-order chi connectivity index (χ0) is 22.8. The molecule has 0 atom stereocenters. The highest BCUT2D eigenvalue weighted by Crippen LogP contribution is 2.30. The summed E-state index contributed by atoms with van der Waals surface area (Å²) >= 11 is 3.32. The average Bonchev–Trinajstić information content (AvgIpc) is 3.07. The zero-order valence-corrected chi connectivity index (χ0v) is 19.1. The number of nitrogens with zero attached hydrogens (tertiary/aromatic N) is 2. The number of benzene rings is 2. The smallest absolute Gasteiger partial charge is 0.414 e. The number of hydrogen-bond acceptors (Lipinski definition) is 6. The van der Waals surface area contributed by atoms with Crippen molar-refractivity contribution in [1.29, 1.82) is 0 Å². The van der Waals surface area contributed by atoms with E-state index in [1.807, 2.05) is 34.3 Å². The van der Waals surface area contributed by atoms with Gasteiger partial charge in [-0.15, -0.1) is 0 Å². The van der Waals surface area contributed by atoms with E-state index in [1.54, 1.807) is 23.3 Å². The molecule has 0 radical (unpaired) electrons. The van der Waals surface area contributed by atoms with E-state index < -0.39 is 11.9 Å². The molecule has 0 fully saturated rings. The van der Waals surface area contributed by atoms with Crippen molar-refractivity contribution in [1.82, 2.24) is 8.86 Å². The summed E-state index contributed by atoms with van der Waals surface area (Å²) in [4.78, 5) is 35.6. The first kappa shape index (κ1) is 24.6. The summed E-state index contributed by atoms with van der Waals surface area (Å²) in [6.07, 6.45) is 1.01. The summed E-state index contributed by atoms with van der Waals surface area (Å²) in [6, 6.07) is 16.5. The Kier molecular flexibility index (Phi) is 9.77. The Balaban J connectivity index is 0.000000501. The van der Waals surface area contributed by atoms with E-state index in [1.165, 1.54) is 9.79 Å². The molecule has 1 heterocycles. The number of carboxylic acids is 2. The summed E-state index contributed by atoms with van der Waals surface area (Å²) in [5, 5.41) is 15.6. The molecule has 7 nitrogen and oxygen atoms in total. The largest absolute Gasteiger partial charge is 0.473 e. The highest BCUT2D eigenvalue weighted by molar-refractivity contribution is 7.99. The molecule has 0 saturated carbocycles. The molecule has 0 saturated heterocycles. The van der Waals surface area contributed by atoms with Crippen LogP contribution >= 0.6 is 23.3 Å². The van der Waals surface area contributed by atoms with Crippen LogP contribution in [0.1, 0.15) is 20.3 Å². The molecule has 0 aliphatic heterocycles. The molecule has 31 heavy (non-hydrogen) atoms. The molecule has 0 unspecified atom stereocenters. The number of carbonyl (C=O) groups is 2. The third-order valence-corrected chi connectivity index (χ3v) is 6.61. The highest BCUT2D eigenvalue weighted by atomic mass is 32.2. The molecule has 3 aromatic rings. The SMILES string of the molecule is CCN(CC)CCCn1sc2cc(Sc3ccccc3)ccc2c1=O.O=C(O)C(=O)O. The van der Waals surface area contributed by atoms with Crippen molar-refractivity contribution in [2.45, 2.75) is 36.6 Å². The predicted molar refractivity (Wildman–Crippen MR) is 124 cm³/mol. The zero-order valence-electron chi connectivity index (χ0n) is 17.5. The molecule has 2 N–H and O–H groups in total. The van der Waals surface area contributed by atoms with Gasteiger partial charge in [0.25, 0.3) is 5.56 Å². The molecular weight excluding hydrogens is 436 g/mol. The van der Waals surface area contributed by atoms with Gasteiger partial charge in [-0.25, -0.2) is 9.59 Å². The van der Waals surface area contributed by atoms with Crippen molar-refractivity contribution >= 4 is 45.3 Å². The van der Waals surface area contributed by atoms with Crippen LogP contribution in [0.2, 0.25) is 0 Å². The second-order valence-electron chi connectivity index (χ2n) is 6.56. The van der Waals surface area contributed by atoms with Crippen LogP contribution in [0.5, 0.6) is 0 Å². The number of aliphatic carboxylic acids is 2. The summed E-state index contributed by atoms with van der Waals surface area (Å²) in [5.41, 5.74) is 0.149. The summed E-state index contributed by atoms with van der Waals surface area (Å²) < 4.78 is 2.99. The number of fused-ring (bicyclic) bond motifs is 1. The van der Waals surface area contributed by atoms with Gasteiger partial charge in [-0.1, -0.05) is 55.3 Å². The third kappa shape index (κ3) is 7.54. The Morgan fingerprint density at radius 1 is 1.00 bits per heavy atom. The molecule has 0 bridgehead atoms. The van der Waals surface area contributed by atoms with Crippen molar-refractivity contribution in [3.05, 3.63) is 58.9 Å². The maximum absolute atomic E-state index is 12.6. The summed E-state index contributed by atoms with van der Waals surface area (Å²) in [6.45, 7) is 8.34. The normalized spacial score (nSPS) is 10.7. The first-order valence-electron chi connectivity index (χ1n) is 9.91. The van der Waals surface area contributed by atoms with E-state index in [0.717, 1.165) is 42.7 Å². The van der Waals surface area contributed by atoms with E-state index in [9.17, 15) is 4.79 Å². The Bertz CT molecular complexity index is 1050. The van der Waals surface area contributed by atoms with Crippen molar-refractivity contribution in [3.8, 4) is 0 Å². The fourth-order valence-electron chi connectivity index (χ4n) is 2.86. The lowest BCUT2D eigenvalue weighted by atomic mass is 10.3. The van der Waals surface area contributed by atoms with Crippen molar-refractivity contribution in [2.75, 3.05) is 19.6 Å². The fourth-order valence-corrected chi connectivity index (χ4v) is 4.89. The molecule has 166 valence electrons. The fraction of sp³-hybridized carbons (Fsp3) is 0.318. The lowest BCUT2D eigenvalue weighted by molar-refractivity contribution is -0.159. The molecule has 0 amide bonds. The Hall–Kier alpha value is -2.62. The van der Waals surface area contributed by atoms with Crippen molar-refractivity contribution in [2.24, 2.45) is 0 Å². The molecule has 9 heteroatoms. The monoisotopic (exact) mass is 462 g/mol. The minimum atomic E-state index is -1.82. The van der Waals surface area contributed by atoms with Crippen LogP contribution in [0.25, 0.3) is 10.1 Å². The maximum Gasteiger partial charge on any atom is 0.414 e. The van der Waals surface area contributed by atoms with Gasteiger partial charge < -0.3 is 15.1 Å². The molecule has 1 aromatic heterocycles. The molecular formula is C22H26N2O5S2. The van der Waals surface area contributed by atoms with E-state index in [2.05, 4.69) is 36.9 Å². The van der Waals surface area contributed by atoms with Crippen molar-refractivity contribution < 1.29 is 19.8 Å². The van der Waals surface area contributed by atoms with Gasteiger partial charge in [-0.05, 0) is 56.4 Å². The number of carboxylic acid groups (broad SMARTS) is 2. The second-order valence-corrected chi connectivity index (χ2v) is 8.77. The Morgan fingerprint density at radius 3 is 2.23 bits per heavy atom. The first-order valence-corrected chi connectivity index (χ1v) is 11.5. The summed E-state index contributed by atoms with van der Waals surface area (Å²) in [5.74, 6) is -3.65. The van der Waals surface area contributed by atoms with Crippen LogP contribution in [0.4, 0.5) is 0 Å². The van der Waals surface area contributed by atoms with Crippen LogP contribution in [0, 0.1) is 0 Å². The molecule has 0 aliphatic rings. The van der Waals surface area contributed by atoms with E-state index in [-0.39, 0.29) is 5.56 Å². The minimum absolute atomic E-state index is 0.149. The van der Waals surface area contributed by atoms with Crippen LogP contribution in [0.3, 0.4) is 0 Å². The molecule has 0 aliphatic carbocycles. The number of aromatic nitrogens is 1. The second kappa shape index (κ2) is 12.3. The Morgan fingerprint density at radius 2 is 1.65 bits per heavy atom. The lowest BCUT2D eigenvalue weighted by Gasteiger charge is -2.17. The van der Waals surface area contributed by atoms with Gasteiger partial charge in [-0.3, -0.25) is 8.75 Å². The lowest BCUT2D eigenvalue weighted by Crippen LogP contribution is -2.25. The number of rotatable bonds is 8. The van der Waals surface area contributed by atoms with Gasteiger partial charge in [0.2, 0.25) is 0 Å². The predicted octanol–water partition coefficient (Wildman–Crippen LogP) is 4.10. The average molecular weight is 463 g/mol. The topological polar surface area (TPSA) is 99.8 Å². The summed E-state index contributed by atoms with van der Waals surface area (Å²) in [7, 11) is 0. The molecule has 3 rings (SSSR count). The van der Waals surface area contributed by atoms with Crippen LogP contribution in [-0.2, 0) is 16.1 Å². The van der Waals surface area contributed by atoms with Gasteiger partial charge >= 0.3 is 11.9 Å². The molecule has 0 spiro atoms. The van der Waals surface area contributed by atoms with E-state index in [4.69, 9.17) is 19.8 Å². The van der Waals surface area contributed by atoms with Crippen LogP contribution < -0.4 is 5.56 Å². The molecule has 2 aromatic carbocycles. The van der Waals surface area contributed by atoms with Gasteiger partial charge in [0.05, 0.1) is 10.1 Å². The highest BCUT2D eigenvalue weighted by Gasteiger charge is 2.09. The number of aryl methyl sites for hydroxylation is 1. The maximum atomic E-state index is 12.6. The van der Waals surface area contributed by atoms with Gasteiger partial charge in [-0.2, -0.15) is 0 Å². The van der Waals surface area contributed by atoms with E-state index in [0.29, 0.717) is 0 Å². The third-order valence-electron chi connectivity index (χ3n) is 4.51. The minimum Gasteiger partial charge on any atom is -0.473 e. The van der Waals surface area contributed by atoms with Crippen LogP contribution in [0.15, 0.2) is 63.1 Å². The first-order chi connectivity index (χ1) is 14.8. The number of hydrogen-bond donors (Lipinski definition) is 2. The standard InChI is InChI=1S/C20H24N2OS2.C2H2O4/c1-3-21(4-2)13-8-14-22-20(23)18-12-11-17(15-19(18)25-22)24-16-9-6-5-7-10-16;3-1(4)2(5)6/h5-7,9-12,15H,3-4,8,13-14H2,1-2H3;(H,3,4)(H,5,6). The van der Waals surface area contributed by atoms with Crippen LogP contribution in [-0.4, -0.2) is 50.6 Å². The quantitative estimate of drug-likeness (QED) is 0.486. The van der Waals surface area contributed by atoms with Crippen molar-refractivity contribution in [3.63, 3.8) is 0 Å². The van der Waals surface area contributed by atoms with E-state index >= 15 is 0 Å². The Labute approximate surface area is 189 Å². The van der Waals surface area contributed by atoms with Gasteiger partial charge in [0.15, 0.2) is 0 Å².